The summed E-state index contributed by atoms with van der Waals surface area (Å²) in [7, 11) is 0. The average Bonchev–Trinajstić information content (AvgIpc) is 2.46. The minimum Gasteiger partial charge on any atom is -0.388 e. The fraction of sp³-hybridized carbons (Fsp3) is 0.462. The molecule has 1 aromatic carbocycles. The Morgan fingerprint density at radius 3 is 2.76 bits per heavy atom. The summed E-state index contributed by atoms with van der Waals surface area (Å²) in [4.78, 5) is 22.1. The van der Waals surface area contributed by atoms with Crippen LogP contribution in [0.3, 0.4) is 0 Å². The molecule has 1 amide bonds. The van der Waals surface area contributed by atoms with Gasteiger partial charge in [0, 0.05) is 44.2 Å². The van der Waals surface area contributed by atoms with Crippen LogP contribution in [0.5, 0.6) is 0 Å². The quantitative estimate of drug-likeness (QED) is 0.648. The highest BCUT2D eigenvalue weighted by atomic mass is 35.5. The van der Waals surface area contributed by atoms with Crippen LogP contribution in [-0.4, -0.2) is 41.3 Å². The summed E-state index contributed by atoms with van der Waals surface area (Å²) in [5.41, 5.74) is -1.19. The molecular weight excluding hydrogens is 300 g/mol. The molecule has 7 nitrogen and oxygen atoms in total. The van der Waals surface area contributed by atoms with Crippen molar-refractivity contribution in [2.24, 2.45) is 0 Å². The van der Waals surface area contributed by atoms with Gasteiger partial charge in [-0.3, -0.25) is 14.9 Å². The summed E-state index contributed by atoms with van der Waals surface area (Å²) in [5, 5.41) is 23.6. The smallest absolute Gasteiger partial charge is 0.288 e. The maximum atomic E-state index is 12.0. The van der Waals surface area contributed by atoms with Crippen LogP contribution in [0, 0.1) is 10.1 Å². The van der Waals surface area contributed by atoms with Gasteiger partial charge in [0.2, 0.25) is 0 Å². The number of carbonyl (C=O) groups is 1. The Bertz CT molecular complexity index is 557. The lowest BCUT2D eigenvalue weighted by Crippen LogP contribution is -2.46. The first-order valence-electron chi connectivity index (χ1n) is 6.44. The monoisotopic (exact) mass is 314 g/mol. The van der Waals surface area contributed by atoms with Gasteiger partial charge in [-0.1, -0.05) is 11.6 Å². The molecule has 0 spiro atoms. The van der Waals surface area contributed by atoms with E-state index in [-0.39, 0.29) is 22.8 Å². The van der Waals surface area contributed by atoms with E-state index < -0.39 is 16.4 Å². The number of halogens is 1. The Kier molecular flexibility index (Phi) is 4.76. The molecule has 0 bridgehead atoms. The average molecular weight is 315 g/mol. The van der Waals surface area contributed by atoms with Crippen molar-refractivity contribution in [3.05, 3.63) is 38.9 Å². The van der Waals surface area contributed by atoms with Gasteiger partial charge in [-0.25, -0.2) is 0 Å². The molecule has 1 aromatic rings. The molecule has 8 heteroatoms. The third-order valence-electron chi connectivity index (χ3n) is 3.41. The topological polar surface area (TPSA) is 102 Å². The first-order valence-corrected chi connectivity index (χ1v) is 6.81. The van der Waals surface area contributed by atoms with Crippen molar-refractivity contribution in [3.63, 3.8) is 0 Å². The third kappa shape index (κ3) is 3.90. The van der Waals surface area contributed by atoms with E-state index in [1.54, 1.807) is 0 Å². The molecular formula is C13H15ClN2O5. The second kappa shape index (κ2) is 6.38. The van der Waals surface area contributed by atoms with Gasteiger partial charge >= 0.3 is 0 Å². The van der Waals surface area contributed by atoms with Gasteiger partial charge in [0.1, 0.15) is 5.02 Å². The zero-order valence-electron chi connectivity index (χ0n) is 11.2. The predicted octanol–water partition coefficient (Wildman–Crippen LogP) is 1.52. The normalized spacial score (nSPS) is 17.2. The van der Waals surface area contributed by atoms with Crippen molar-refractivity contribution in [1.82, 2.24) is 5.32 Å². The highest BCUT2D eigenvalue weighted by molar-refractivity contribution is 6.32. The predicted molar refractivity (Wildman–Crippen MR) is 75.4 cm³/mol. The molecule has 1 aliphatic heterocycles. The standard InChI is InChI=1S/C13H15ClN2O5/c14-10-2-1-9(7-11(10)16(19)20)12(17)15-8-13(18)3-5-21-6-4-13/h1-2,7,18H,3-6,8H2,(H,15,17). The largest absolute Gasteiger partial charge is 0.388 e. The molecule has 0 aliphatic carbocycles. The lowest BCUT2D eigenvalue weighted by molar-refractivity contribution is -0.384. The maximum absolute atomic E-state index is 12.0. The summed E-state index contributed by atoms with van der Waals surface area (Å²) in [6, 6.07) is 3.82. The Hall–Kier alpha value is -1.70. The van der Waals surface area contributed by atoms with Crippen LogP contribution in [0.25, 0.3) is 0 Å². The van der Waals surface area contributed by atoms with E-state index in [2.05, 4.69) is 5.32 Å². The number of rotatable bonds is 4. The van der Waals surface area contributed by atoms with Crippen LogP contribution in [0.15, 0.2) is 18.2 Å². The number of aliphatic hydroxyl groups is 1. The molecule has 2 rings (SSSR count). The number of ether oxygens (including phenoxy) is 1. The summed E-state index contributed by atoms with van der Waals surface area (Å²) >= 11 is 5.69. The van der Waals surface area contributed by atoms with E-state index >= 15 is 0 Å². The summed E-state index contributed by atoms with van der Waals surface area (Å²) < 4.78 is 5.15. The van der Waals surface area contributed by atoms with E-state index in [0.29, 0.717) is 26.1 Å². The number of nitro benzene ring substituents is 1. The second-order valence-electron chi connectivity index (χ2n) is 4.94. The first-order chi connectivity index (χ1) is 9.91. The molecule has 114 valence electrons. The molecule has 0 atom stereocenters. The van der Waals surface area contributed by atoms with Crippen molar-refractivity contribution in [3.8, 4) is 0 Å². The maximum Gasteiger partial charge on any atom is 0.288 e. The van der Waals surface area contributed by atoms with Crippen molar-refractivity contribution >= 4 is 23.2 Å². The van der Waals surface area contributed by atoms with Gasteiger partial charge in [0.05, 0.1) is 10.5 Å². The first kappa shape index (κ1) is 15.7. The molecule has 1 aliphatic rings. The molecule has 0 aromatic heterocycles. The Morgan fingerprint density at radius 1 is 1.48 bits per heavy atom. The van der Waals surface area contributed by atoms with Crippen molar-refractivity contribution < 1.29 is 19.6 Å². The van der Waals surface area contributed by atoms with E-state index in [1.807, 2.05) is 0 Å². The summed E-state index contributed by atoms with van der Waals surface area (Å²) in [5.74, 6) is -0.491. The summed E-state index contributed by atoms with van der Waals surface area (Å²) in [6.07, 6.45) is 0.877. The third-order valence-corrected chi connectivity index (χ3v) is 3.73. The van der Waals surface area contributed by atoms with E-state index in [4.69, 9.17) is 16.3 Å². The lowest BCUT2D eigenvalue weighted by atomic mass is 9.94. The molecule has 1 heterocycles. The number of amides is 1. The van der Waals surface area contributed by atoms with Crippen LogP contribution in [0.2, 0.25) is 5.02 Å². The zero-order chi connectivity index (χ0) is 15.5. The number of hydrogen-bond donors (Lipinski definition) is 2. The summed E-state index contributed by atoms with van der Waals surface area (Å²) in [6.45, 7) is 0.961. The molecule has 2 N–H and O–H groups in total. The minimum atomic E-state index is -0.994. The molecule has 1 fully saturated rings. The number of carbonyl (C=O) groups excluding carboxylic acids is 1. The number of nitrogens with one attached hydrogen (secondary N) is 1. The van der Waals surface area contributed by atoms with E-state index in [1.165, 1.54) is 12.1 Å². The van der Waals surface area contributed by atoms with Crippen LogP contribution < -0.4 is 5.32 Å². The van der Waals surface area contributed by atoms with Gasteiger partial charge < -0.3 is 15.2 Å². The number of hydrogen-bond acceptors (Lipinski definition) is 5. The highest BCUT2D eigenvalue weighted by Crippen LogP contribution is 2.25. The number of nitrogens with zero attached hydrogens (tertiary/aromatic N) is 1. The van der Waals surface area contributed by atoms with Crippen molar-refractivity contribution in [1.29, 1.82) is 0 Å². The molecule has 0 saturated carbocycles. The van der Waals surface area contributed by atoms with Crippen LogP contribution in [0.1, 0.15) is 23.2 Å². The second-order valence-corrected chi connectivity index (χ2v) is 5.35. The van der Waals surface area contributed by atoms with Crippen LogP contribution in [0.4, 0.5) is 5.69 Å². The number of benzene rings is 1. The minimum absolute atomic E-state index is 0.0281. The Morgan fingerprint density at radius 2 is 2.14 bits per heavy atom. The number of nitro groups is 1. The van der Waals surface area contributed by atoms with Crippen LogP contribution in [-0.2, 0) is 4.74 Å². The molecule has 0 radical (unpaired) electrons. The van der Waals surface area contributed by atoms with Gasteiger partial charge in [0.25, 0.3) is 11.6 Å². The molecule has 1 saturated heterocycles. The van der Waals surface area contributed by atoms with Crippen molar-refractivity contribution in [2.75, 3.05) is 19.8 Å². The van der Waals surface area contributed by atoms with E-state index in [9.17, 15) is 20.0 Å². The van der Waals surface area contributed by atoms with Gasteiger partial charge in [-0.05, 0) is 12.1 Å². The molecule has 0 unspecified atom stereocenters. The van der Waals surface area contributed by atoms with E-state index in [0.717, 1.165) is 6.07 Å². The van der Waals surface area contributed by atoms with Gasteiger partial charge in [-0.2, -0.15) is 0 Å². The van der Waals surface area contributed by atoms with Gasteiger partial charge in [0.15, 0.2) is 0 Å². The lowest BCUT2D eigenvalue weighted by Gasteiger charge is -2.32. The van der Waals surface area contributed by atoms with Crippen molar-refractivity contribution in [2.45, 2.75) is 18.4 Å². The molecule has 21 heavy (non-hydrogen) atoms. The SMILES string of the molecule is O=C(NCC1(O)CCOCC1)c1ccc(Cl)c([N+](=O)[O-])c1. The highest BCUT2D eigenvalue weighted by Gasteiger charge is 2.30. The fourth-order valence-electron chi connectivity index (χ4n) is 2.07. The zero-order valence-corrected chi connectivity index (χ0v) is 11.9. The van der Waals surface area contributed by atoms with Gasteiger partial charge in [-0.15, -0.1) is 0 Å². The van der Waals surface area contributed by atoms with Crippen LogP contribution >= 0.6 is 11.6 Å². The Balaban J connectivity index is 2.03. The fourth-order valence-corrected chi connectivity index (χ4v) is 2.26. The Labute approximate surface area is 126 Å².